The van der Waals surface area contributed by atoms with Crippen LogP contribution in [0.4, 0.5) is 11.4 Å². The third-order valence-electron chi connectivity index (χ3n) is 2.90. The Bertz CT molecular complexity index is 598. The van der Waals surface area contributed by atoms with Gasteiger partial charge in [0.1, 0.15) is 0 Å². The summed E-state index contributed by atoms with van der Waals surface area (Å²) in [7, 11) is 0. The number of aromatic nitrogens is 1. The van der Waals surface area contributed by atoms with Crippen molar-refractivity contribution < 1.29 is 4.79 Å². The molecule has 0 aliphatic heterocycles. The Morgan fingerprint density at radius 2 is 2.00 bits per heavy atom. The lowest BCUT2D eigenvalue weighted by Crippen LogP contribution is -2.31. The van der Waals surface area contributed by atoms with Gasteiger partial charge in [0, 0.05) is 30.3 Å². The molecule has 2 N–H and O–H groups in total. The molecule has 1 aromatic heterocycles. The SMILES string of the molecule is CCCN(C(=O)c1ccncc1Cl)c1ccc(N)cc1. The van der Waals surface area contributed by atoms with E-state index in [0.29, 0.717) is 22.8 Å². The van der Waals surface area contributed by atoms with Gasteiger partial charge in [0.15, 0.2) is 0 Å². The second kappa shape index (κ2) is 6.39. The molecular formula is C15H16ClN3O. The second-order valence-electron chi connectivity index (χ2n) is 4.40. The van der Waals surface area contributed by atoms with Gasteiger partial charge in [-0.1, -0.05) is 18.5 Å². The number of pyridine rings is 1. The van der Waals surface area contributed by atoms with Crippen molar-refractivity contribution in [2.24, 2.45) is 0 Å². The van der Waals surface area contributed by atoms with E-state index in [1.54, 1.807) is 29.3 Å². The zero-order valence-electron chi connectivity index (χ0n) is 11.2. The molecule has 1 amide bonds. The third kappa shape index (κ3) is 3.08. The van der Waals surface area contributed by atoms with Crippen LogP contribution in [-0.4, -0.2) is 17.4 Å². The van der Waals surface area contributed by atoms with Gasteiger partial charge in [-0.2, -0.15) is 0 Å². The fourth-order valence-corrected chi connectivity index (χ4v) is 2.12. The summed E-state index contributed by atoms with van der Waals surface area (Å²) in [6.07, 6.45) is 3.88. The minimum absolute atomic E-state index is 0.135. The van der Waals surface area contributed by atoms with Crippen molar-refractivity contribution in [3.63, 3.8) is 0 Å². The summed E-state index contributed by atoms with van der Waals surface area (Å²) < 4.78 is 0. The number of amides is 1. The monoisotopic (exact) mass is 289 g/mol. The van der Waals surface area contributed by atoms with Gasteiger partial charge in [-0.05, 0) is 36.8 Å². The number of benzene rings is 1. The lowest BCUT2D eigenvalue weighted by atomic mass is 10.2. The summed E-state index contributed by atoms with van der Waals surface area (Å²) in [5.41, 5.74) is 7.60. The molecule has 0 spiro atoms. The Balaban J connectivity index is 2.36. The van der Waals surface area contributed by atoms with Gasteiger partial charge in [0.2, 0.25) is 0 Å². The van der Waals surface area contributed by atoms with Crippen LogP contribution in [-0.2, 0) is 0 Å². The van der Waals surface area contributed by atoms with E-state index in [2.05, 4.69) is 4.98 Å². The maximum absolute atomic E-state index is 12.6. The number of nitrogens with zero attached hydrogens (tertiary/aromatic N) is 2. The predicted molar refractivity (Wildman–Crippen MR) is 82.1 cm³/mol. The Morgan fingerprint density at radius 3 is 2.60 bits per heavy atom. The first-order valence-electron chi connectivity index (χ1n) is 6.40. The minimum atomic E-state index is -0.135. The number of nitrogens with two attached hydrogens (primary N) is 1. The van der Waals surface area contributed by atoms with Gasteiger partial charge in [0.25, 0.3) is 5.91 Å². The fraction of sp³-hybridized carbons (Fsp3) is 0.200. The van der Waals surface area contributed by atoms with Crippen molar-refractivity contribution in [3.05, 3.63) is 53.3 Å². The highest BCUT2D eigenvalue weighted by molar-refractivity contribution is 6.34. The number of carbonyl (C=O) groups is 1. The summed E-state index contributed by atoms with van der Waals surface area (Å²) >= 11 is 6.05. The third-order valence-corrected chi connectivity index (χ3v) is 3.20. The Morgan fingerprint density at radius 1 is 1.30 bits per heavy atom. The molecule has 0 unspecified atom stereocenters. The number of carbonyl (C=O) groups excluding carboxylic acids is 1. The van der Waals surface area contributed by atoms with Crippen molar-refractivity contribution in [1.82, 2.24) is 4.98 Å². The Hall–Kier alpha value is -2.07. The molecule has 0 fully saturated rings. The first-order chi connectivity index (χ1) is 9.63. The van der Waals surface area contributed by atoms with Crippen LogP contribution in [0.2, 0.25) is 5.02 Å². The first-order valence-corrected chi connectivity index (χ1v) is 6.78. The topological polar surface area (TPSA) is 59.2 Å². The van der Waals surface area contributed by atoms with Crippen LogP contribution in [0.5, 0.6) is 0 Å². The molecule has 20 heavy (non-hydrogen) atoms. The van der Waals surface area contributed by atoms with E-state index in [-0.39, 0.29) is 5.91 Å². The summed E-state index contributed by atoms with van der Waals surface area (Å²) in [6, 6.07) is 8.85. The van der Waals surface area contributed by atoms with E-state index in [4.69, 9.17) is 17.3 Å². The van der Waals surface area contributed by atoms with Crippen LogP contribution >= 0.6 is 11.6 Å². The molecule has 0 saturated heterocycles. The summed E-state index contributed by atoms with van der Waals surface area (Å²) in [5.74, 6) is -0.135. The fourth-order valence-electron chi connectivity index (χ4n) is 1.92. The van der Waals surface area contributed by atoms with E-state index in [0.717, 1.165) is 12.1 Å². The van der Waals surface area contributed by atoms with Gasteiger partial charge in [-0.3, -0.25) is 9.78 Å². The van der Waals surface area contributed by atoms with Gasteiger partial charge in [-0.25, -0.2) is 0 Å². The molecule has 0 atom stereocenters. The largest absolute Gasteiger partial charge is 0.399 e. The predicted octanol–water partition coefficient (Wildman–Crippen LogP) is 3.37. The van der Waals surface area contributed by atoms with Crippen LogP contribution in [0.1, 0.15) is 23.7 Å². The number of anilines is 2. The van der Waals surface area contributed by atoms with Gasteiger partial charge < -0.3 is 10.6 Å². The molecule has 0 bridgehead atoms. The number of nitrogen functional groups attached to an aromatic ring is 1. The average molecular weight is 290 g/mol. The summed E-state index contributed by atoms with van der Waals surface area (Å²) in [6.45, 7) is 2.63. The zero-order chi connectivity index (χ0) is 14.5. The van der Waals surface area contributed by atoms with Crippen molar-refractivity contribution >= 4 is 28.9 Å². The zero-order valence-corrected chi connectivity index (χ0v) is 12.0. The molecule has 104 valence electrons. The molecule has 2 rings (SSSR count). The van der Waals surface area contributed by atoms with Crippen LogP contribution < -0.4 is 10.6 Å². The number of halogens is 1. The lowest BCUT2D eigenvalue weighted by Gasteiger charge is -2.23. The highest BCUT2D eigenvalue weighted by Gasteiger charge is 2.19. The molecule has 0 saturated carbocycles. The van der Waals surface area contributed by atoms with E-state index >= 15 is 0 Å². The standard InChI is InChI=1S/C15H16ClN3O/c1-2-9-19(12-5-3-11(17)4-6-12)15(20)13-7-8-18-10-14(13)16/h3-8,10H,2,9,17H2,1H3. The van der Waals surface area contributed by atoms with E-state index < -0.39 is 0 Å². The minimum Gasteiger partial charge on any atom is -0.399 e. The smallest absolute Gasteiger partial charge is 0.259 e. The maximum Gasteiger partial charge on any atom is 0.259 e. The summed E-state index contributed by atoms with van der Waals surface area (Å²) in [5, 5.41) is 0.356. The van der Waals surface area contributed by atoms with Crippen LogP contribution in [0.15, 0.2) is 42.7 Å². The molecule has 5 heteroatoms. The summed E-state index contributed by atoms with van der Waals surface area (Å²) in [4.78, 5) is 18.2. The molecule has 2 aromatic rings. The number of rotatable bonds is 4. The van der Waals surface area contributed by atoms with Gasteiger partial charge in [0.05, 0.1) is 10.6 Å². The van der Waals surface area contributed by atoms with Crippen LogP contribution in [0.3, 0.4) is 0 Å². The highest BCUT2D eigenvalue weighted by Crippen LogP contribution is 2.22. The molecule has 0 aliphatic rings. The normalized spacial score (nSPS) is 10.3. The number of hydrogen-bond acceptors (Lipinski definition) is 3. The molecule has 0 radical (unpaired) electrons. The van der Waals surface area contributed by atoms with E-state index in [1.165, 1.54) is 6.20 Å². The van der Waals surface area contributed by atoms with Gasteiger partial charge in [-0.15, -0.1) is 0 Å². The van der Waals surface area contributed by atoms with Crippen LogP contribution in [0, 0.1) is 0 Å². The molecule has 4 nitrogen and oxygen atoms in total. The Labute approximate surface area is 123 Å². The lowest BCUT2D eigenvalue weighted by molar-refractivity contribution is 0.0987. The first kappa shape index (κ1) is 14.3. The van der Waals surface area contributed by atoms with Crippen molar-refractivity contribution in [1.29, 1.82) is 0 Å². The van der Waals surface area contributed by atoms with Crippen LogP contribution in [0.25, 0.3) is 0 Å². The van der Waals surface area contributed by atoms with Crippen molar-refractivity contribution in [3.8, 4) is 0 Å². The quantitative estimate of drug-likeness (QED) is 0.878. The van der Waals surface area contributed by atoms with Crippen molar-refractivity contribution in [2.75, 3.05) is 17.2 Å². The Kier molecular flexibility index (Phi) is 4.58. The van der Waals surface area contributed by atoms with Crippen molar-refractivity contribution in [2.45, 2.75) is 13.3 Å². The molecular weight excluding hydrogens is 274 g/mol. The molecule has 0 aliphatic carbocycles. The van der Waals surface area contributed by atoms with Gasteiger partial charge >= 0.3 is 0 Å². The number of hydrogen-bond donors (Lipinski definition) is 1. The highest BCUT2D eigenvalue weighted by atomic mass is 35.5. The van der Waals surface area contributed by atoms with E-state index in [9.17, 15) is 4.79 Å². The second-order valence-corrected chi connectivity index (χ2v) is 4.81. The van der Waals surface area contributed by atoms with E-state index in [1.807, 2.05) is 19.1 Å². The molecule has 1 heterocycles. The molecule has 1 aromatic carbocycles. The average Bonchev–Trinajstić information content (AvgIpc) is 2.46. The maximum atomic E-state index is 12.6.